The number of aliphatic hydroxyl groups is 2. The standard InChI is InChI=1S/C67H64N16O16S6/c1-26(59-81-53(82-105-59)34-13-9-10-15-68-34)69-54(86)37-23-103-63(75-37)48-41(85)16-31-46(77-48)36-21-101-61(72-36)35-20-97-65(91)47-32-19-95-50(51(66(92)96-18-30-12-11-14-33(70-47)43(30)32)99-42-17-67(5,93)52(83(6)7)29(4)98-42)49(64-76-38(24-104-64)55(87)71-35)80-57(89)40-25-102-62(74-40)45(28(3)94-8)79-58(90)44(27(2)84)78-56(88)39-22-100-60(31)73-39/h9-16,21-27,29,35,42,44,49-52,70,84-85,93H,17-20H2,1-8H3,(H,69,86)(H,71,87)(H,78,88)(H,79,90)(H,80,89)/b45-28+. The van der Waals surface area contributed by atoms with Crippen LogP contribution in [0.25, 0.3) is 60.8 Å². The third-order valence-electron chi connectivity index (χ3n) is 17.7. The quantitative estimate of drug-likeness (QED) is 0.0499. The number of H-pyrrole nitrogens is 1. The van der Waals surface area contributed by atoms with Crippen molar-refractivity contribution in [3.63, 3.8) is 0 Å². The van der Waals surface area contributed by atoms with Crippen molar-refractivity contribution in [2.75, 3.05) is 27.8 Å². The number of aromatic nitrogens is 10. The van der Waals surface area contributed by atoms with Gasteiger partial charge in [-0.15, -0.1) is 56.7 Å². The molecular weight excluding hydrogens is 1480 g/mol. The summed E-state index contributed by atoms with van der Waals surface area (Å²) in [5.41, 5.74) is -0.527. The van der Waals surface area contributed by atoms with E-state index in [0.29, 0.717) is 33.0 Å². The number of carbonyl (C=O) groups is 7. The number of allylic oxidation sites excluding steroid dienone is 1. The Labute approximate surface area is 619 Å². The molecule has 1 saturated heterocycles. The molecule has 13 heterocycles. The molecule has 11 unspecified atom stereocenters. The molecule has 105 heavy (non-hydrogen) atoms. The average molecular weight is 1540 g/mol. The number of aromatic amines is 1. The Bertz CT molecular complexity index is 5080. The maximum Gasteiger partial charge on any atom is 0.355 e. The number of nitrogens with one attached hydrogen (secondary N) is 6. The number of ether oxygens (including phenoxy) is 6. The summed E-state index contributed by atoms with van der Waals surface area (Å²) in [6.45, 7) is 6.46. The van der Waals surface area contributed by atoms with Crippen LogP contribution in [0.2, 0.25) is 0 Å². The van der Waals surface area contributed by atoms with Crippen molar-refractivity contribution < 1.29 is 77.3 Å². The number of pyridine rings is 2. The van der Waals surface area contributed by atoms with Gasteiger partial charge in [-0.2, -0.15) is 4.37 Å². The van der Waals surface area contributed by atoms with Crippen LogP contribution in [0.4, 0.5) is 0 Å². The summed E-state index contributed by atoms with van der Waals surface area (Å²) < 4.78 is 42.4. The first-order valence-corrected chi connectivity index (χ1v) is 37.6. The van der Waals surface area contributed by atoms with Crippen molar-refractivity contribution in [3.8, 4) is 49.9 Å². The lowest BCUT2D eigenvalue weighted by atomic mass is 9.85. The Morgan fingerprint density at radius 2 is 1.50 bits per heavy atom. The Kier molecular flexibility index (Phi) is 20.3. The van der Waals surface area contributed by atoms with E-state index in [1.807, 2.05) is 11.0 Å². The van der Waals surface area contributed by atoms with Crippen molar-refractivity contribution >= 4 is 126 Å². The minimum Gasteiger partial charge on any atom is -0.506 e. The Morgan fingerprint density at radius 1 is 0.790 bits per heavy atom. The normalized spacial score (nSPS) is 23.6. The van der Waals surface area contributed by atoms with Crippen LogP contribution in [-0.2, 0) is 51.2 Å². The van der Waals surface area contributed by atoms with Crippen molar-refractivity contribution in [2.45, 2.75) is 121 Å². The number of hydrogen-bond donors (Lipinski definition) is 9. The van der Waals surface area contributed by atoms with Crippen LogP contribution in [0.1, 0.15) is 143 Å². The number of likely N-dealkylation sites (N-methyl/N-ethyl adjacent to an activating group) is 1. The summed E-state index contributed by atoms with van der Waals surface area (Å²) in [4.78, 5) is 146. The first kappa shape index (κ1) is 72.1. The number of aliphatic hydroxyl groups excluding tert-OH is 1. The molecule has 1 aromatic carbocycles. The summed E-state index contributed by atoms with van der Waals surface area (Å²) in [6.07, 6.45) is -5.65. The lowest BCUT2D eigenvalue weighted by Crippen LogP contribution is -2.62. The predicted molar refractivity (Wildman–Crippen MR) is 382 cm³/mol. The van der Waals surface area contributed by atoms with Crippen molar-refractivity contribution in [3.05, 3.63) is 141 Å². The minimum atomic E-state index is -1.85. The number of benzene rings is 1. The second-order valence-electron chi connectivity index (χ2n) is 25.3. The van der Waals surface area contributed by atoms with Gasteiger partial charge in [0.1, 0.15) is 136 Å². The van der Waals surface area contributed by atoms with Crippen LogP contribution >= 0.6 is 68.2 Å². The Balaban J connectivity index is 0.896. The fourth-order valence-corrected chi connectivity index (χ4v) is 17.5. The largest absolute Gasteiger partial charge is 0.506 e. The van der Waals surface area contributed by atoms with Crippen molar-refractivity contribution in [2.24, 2.45) is 0 Å². The number of thiazole rings is 5. The zero-order valence-corrected chi connectivity index (χ0v) is 61.6. The second kappa shape index (κ2) is 29.6. The molecule has 0 saturated carbocycles. The number of rotatable bonds is 10. The molecule has 32 nitrogen and oxygen atoms in total. The highest BCUT2D eigenvalue weighted by atomic mass is 32.1. The molecule has 0 spiro atoms. The zero-order chi connectivity index (χ0) is 73.9. The van der Waals surface area contributed by atoms with E-state index >= 15 is 19.2 Å². The highest BCUT2D eigenvalue weighted by Crippen LogP contribution is 2.43. The van der Waals surface area contributed by atoms with Crippen LogP contribution in [0.3, 0.4) is 0 Å². The minimum absolute atomic E-state index is 0.0117. The van der Waals surface area contributed by atoms with Gasteiger partial charge < -0.3 is 80.2 Å². The van der Waals surface area contributed by atoms with Gasteiger partial charge in [-0.3, -0.25) is 29.0 Å². The number of carbonyl (C=O) groups excluding carboxylic acids is 7. The van der Waals surface area contributed by atoms with Gasteiger partial charge in [-0.25, -0.2) is 44.5 Å². The lowest BCUT2D eigenvalue weighted by molar-refractivity contribution is -0.280. The number of nitrogens with zero attached hydrogens (tertiary/aromatic N) is 10. The molecule has 9 aromatic heterocycles. The Hall–Kier alpha value is -9.84. The highest BCUT2D eigenvalue weighted by Gasteiger charge is 2.50. The molecule has 0 radical (unpaired) electrons. The molecule has 38 heteroatoms. The van der Waals surface area contributed by atoms with Crippen LogP contribution in [-0.4, -0.2) is 187 Å². The molecule has 14 rings (SSSR count). The van der Waals surface area contributed by atoms with E-state index in [2.05, 4.69) is 60.9 Å². The van der Waals surface area contributed by atoms with Gasteiger partial charge in [0, 0.05) is 61.5 Å². The van der Waals surface area contributed by atoms with Crippen molar-refractivity contribution in [1.29, 1.82) is 0 Å². The van der Waals surface area contributed by atoms with Gasteiger partial charge in [-0.1, -0.05) is 18.2 Å². The Morgan fingerprint density at radius 3 is 2.26 bits per heavy atom. The lowest BCUT2D eigenvalue weighted by Gasteiger charge is -2.48. The van der Waals surface area contributed by atoms with E-state index < -0.39 is 127 Å². The number of aromatic hydroxyl groups is 1. The molecule has 1 fully saturated rings. The van der Waals surface area contributed by atoms with Gasteiger partial charge >= 0.3 is 11.9 Å². The molecule has 4 aliphatic heterocycles. The first-order valence-electron chi connectivity index (χ1n) is 32.4. The maximum absolute atomic E-state index is 15.2. The van der Waals surface area contributed by atoms with Gasteiger partial charge in [0.25, 0.3) is 23.6 Å². The van der Waals surface area contributed by atoms with E-state index in [9.17, 15) is 29.7 Å². The number of amides is 5. The zero-order valence-electron chi connectivity index (χ0n) is 56.7. The molecule has 9 N–H and O–H groups in total. The van der Waals surface area contributed by atoms with Gasteiger partial charge in [0.05, 0.1) is 43.6 Å². The number of fused-ring (bicyclic) bond motifs is 15. The third-order valence-corrected chi connectivity index (χ3v) is 23.0. The third kappa shape index (κ3) is 14.6. The van der Waals surface area contributed by atoms with E-state index in [1.54, 1.807) is 76.8 Å². The van der Waals surface area contributed by atoms with Crippen LogP contribution < -0.4 is 26.6 Å². The van der Waals surface area contributed by atoms with E-state index in [-0.39, 0.29) is 106 Å². The molecule has 5 amide bonds. The van der Waals surface area contributed by atoms with E-state index in [0.717, 1.165) is 68.2 Å². The molecule has 12 bridgehead atoms. The second-order valence-corrected chi connectivity index (χ2v) is 30.4. The van der Waals surface area contributed by atoms with E-state index in [1.165, 1.54) is 48.5 Å². The SMILES string of the molecule is CO/C(C)=C1/NC(=O)C(C(C)O)NC(=O)c2csc(n2)-c2cc(O)c(-c3nc(C(=O)NC(C)c4nc(-c5ccccn5)ns4)cs3)nc2-c2csc(n2)C2COC(=O)c3[nH]c4cccc5c4c3COC(C(OC3CC(C)(O)C(N(C)C)C(C)O3)C(=O)OC5)C(NC(=O)c3csc1n3)c1nc(cs1)C(=O)N2. The number of esters is 2. The molecule has 544 valence electrons. The van der Waals surface area contributed by atoms with Crippen LogP contribution in [0, 0.1) is 0 Å². The average Bonchev–Trinajstić information content (AvgIpc) is 1.04. The van der Waals surface area contributed by atoms with Crippen LogP contribution in [0.5, 0.6) is 5.75 Å². The number of methoxy groups -OCH3 is 1. The molecule has 0 aliphatic carbocycles. The summed E-state index contributed by atoms with van der Waals surface area (Å²) in [7, 11) is 4.90. The van der Waals surface area contributed by atoms with Crippen LogP contribution in [0.15, 0.2) is 81.3 Å². The summed E-state index contributed by atoms with van der Waals surface area (Å²) in [5.74, 6) is -6.04. The molecule has 10 aromatic rings. The summed E-state index contributed by atoms with van der Waals surface area (Å²) in [6, 6.07) is 6.11. The van der Waals surface area contributed by atoms with Gasteiger partial charge in [0.15, 0.2) is 18.2 Å². The topological polar surface area (TPSA) is 431 Å². The summed E-state index contributed by atoms with van der Waals surface area (Å²) in [5, 5.41) is 57.9. The molecule has 11 atom stereocenters. The monoisotopic (exact) mass is 1540 g/mol. The molecular formula is C67H64N16O16S6. The summed E-state index contributed by atoms with van der Waals surface area (Å²) >= 11 is 5.88. The van der Waals surface area contributed by atoms with Gasteiger partial charge in [-0.05, 0) is 90.1 Å². The number of cyclic esters (lactones) is 2. The highest BCUT2D eigenvalue weighted by molar-refractivity contribution is 7.14. The van der Waals surface area contributed by atoms with Crippen molar-refractivity contribution in [1.82, 2.24) is 80.7 Å². The molecule has 4 aliphatic rings. The first-order chi connectivity index (χ1) is 50.4. The fraction of sp³-hybridized carbons (Fsp3) is 0.343. The maximum atomic E-state index is 15.2. The number of hydrogen-bond acceptors (Lipinski definition) is 32. The smallest absolute Gasteiger partial charge is 0.355 e. The fourth-order valence-electron chi connectivity index (χ4n) is 12.7. The predicted octanol–water partition coefficient (Wildman–Crippen LogP) is 6.86. The van der Waals surface area contributed by atoms with Gasteiger partial charge in [0.2, 0.25) is 5.91 Å². The van der Waals surface area contributed by atoms with E-state index in [4.69, 9.17) is 43.4 Å².